The highest BCUT2D eigenvalue weighted by molar-refractivity contribution is 9.10. The Bertz CT molecular complexity index is 544. The Labute approximate surface area is 125 Å². The zero-order valence-corrected chi connectivity index (χ0v) is 12.7. The van der Waals surface area contributed by atoms with Crippen LogP contribution in [-0.4, -0.2) is 47.5 Å². The van der Waals surface area contributed by atoms with Crippen LogP contribution in [0.4, 0.5) is 0 Å². The van der Waals surface area contributed by atoms with E-state index < -0.39 is 5.91 Å². The van der Waals surface area contributed by atoms with Gasteiger partial charge in [-0.2, -0.15) is 0 Å². The van der Waals surface area contributed by atoms with Crippen molar-refractivity contribution in [2.45, 2.75) is 6.54 Å². The molecule has 0 saturated heterocycles. The van der Waals surface area contributed by atoms with E-state index in [1.165, 1.54) is 6.08 Å². The molecule has 0 saturated carbocycles. The number of imide groups is 1. The van der Waals surface area contributed by atoms with Crippen LogP contribution in [0.25, 0.3) is 0 Å². The average Bonchev–Trinajstić information content (AvgIpc) is 2.41. The smallest absolute Gasteiger partial charge is 0.254 e. The predicted octanol–water partition coefficient (Wildman–Crippen LogP) is 1.22. The van der Waals surface area contributed by atoms with Gasteiger partial charge in [0.25, 0.3) is 5.91 Å². The largest absolute Gasteiger partial charge is 0.383 e. The number of aromatic nitrogens is 1. The lowest BCUT2D eigenvalue weighted by molar-refractivity contribution is -0.135. The number of rotatable bonds is 6. The number of hydrogen-bond acceptors (Lipinski definition) is 5. The van der Waals surface area contributed by atoms with Crippen LogP contribution in [0.2, 0.25) is 0 Å². The first-order valence-electron chi connectivity index (χ1n) is 5.68. The Hall–Kier alpha value is -2.02. The van der Waals surface area contributed by atoms with Gasteiger partial charge in [-0.1, -0.05) is 15.9 Å². The third-order valence-electron chi connectivity index (χ3n) is 2.24. The maximum absolute atomic E-state index is 11.8. The molecule has 0 unspecified atom stereocenters. The molecule has 0 fully saturated rings. The summed E-state index contributed by atoms with van der Waals surface area (Å²) in [5, 5.41) is 0. The first-order chi connectivity index (χ1) is 9.46. The Kier molecular flexibility index (Phi) is 6.05. The van der Waals surface area contributed by atoms with Crippen molar-refractivity contribution in [3.63, 3.8) is 0 Å². The van der Waals surface area contributed by atoms with Gasteiger partial charge < -0.3 is 4.90 Å². The predicted molar refractivity (Wildman–Crippen MR) is 76.8 cm³/mol. The molecule has 6 nitrogen and oxygen atoms in total. The minimum Gasteiger partial charge on any atom is -0.383 e. The van der Waals surface area contributed by atoms with E-state index in [1.807, 2.05) is 0 Å². The highest BCUT2D eigenvalue weighted by Crippen LogP contribution is 2.13. The van der Waals surface area contributed by atoms with E-state index >= 15 is 0 Å². The van der Waals surface area contributed by atoms with Crippen molar-refractivity contribution in [1.82, 2.24) is 14.8 Å². The molecule has 1 aromatic rings. The van der Waals surface area contributed by atoms with Crippen molar-refractivity contribution in [2.24, 2.45) is 0 Å². The summed E-state index contributed by atoms with van der Waals surface area (Å²) in [6.07, 6.45) is 3.87. The summed E-state index contributed by atoms with van der Waals surface area (Å²) < 4.78 is 0.659. The van der Waals surface area contributed by atoms with Gasteiger partial charge in [-0.25, -0.2) is 4.98 Å². The lowest BCUT2D eigenvalue weighted by atomic mass is 10.3. The van der Waals surface area contributed by atoms with Crippen LogP contribution in [0.15, 0.2) is 28.9 Å². The molecule has 1 heterocycles. The van der Waals surface area contributed by atoms with Crippen LogP contribution in [0.1, 0.15) is 16.2 Å². The van der Waals surface area contributed by atoms with Gasteiger partial charge in [-0.05, 0) is 12.1 Å². The van der Waals surface area contributed by atoms with Gasteiger partial charge in [-0.15, -0.1) is 0 Å². The molecule has 0 atom stereocenters. The molecule has 1 aromatic heterocycles. The van der Waals surface area contributed by atoms with E-state index in [2.05, 4.69) is 20.9 Å². The van der Waals surface area contributed by atoms with Crippen LogP contribution in [0, 0.1) is 0 Å². The highest BCUT2D eigenvalue weighted by atomic mass is 79.9. The number of carbonyl (C=O) groups is 3. The second kappa shape index (κ2) is 7.54. The monoisotopic (exact) mass is 339 g/mol. The minimum atomic E-state index is -0.455. The molecule has 7 heteroatoms. The van der Waals surface area contributed by atoms with Crippen molar-refractivity contribution in [1.29, 1.82) is 0 Å². The van der Waals surface area contributed by atoms with Gasteiger partial charge in [0.15, 0.2) is 6.29 Å². The van der Waals surface area contributed by atoms with Gasteiger partial charge in [0.05, 0.1) is 12.2 Å². The molecule has 0 N–H and O–H groups in total. The van der Waals surface area contributed by atoms with E-state index in [0.29, 0.717) is 22.9 Å². The zero-order valence-electron chi connectivity index (χ0n) is 11.1. The lowest BCUT2D eigenvalue weighted by Crippen LogP contribution is -2.28. The molecular formula is C13H14BrN3O3. The molecule has 0 radical (unpaired) electrons. The summed E-state index contributed by atoms with van der Waals surface area (Å²) in [5.41, 5.74) is 0.677. The Balaban J connectivity index is 2.88. The summed E-state index contributed by atoms with van der Waals surface area (Å²) in [6, 6.07) is 3.20. The first kappa shape index (κ1) is 16.0. The third-order valence-corrected chi connectivity index (χ3v) is 2.70. The van der Waals surface area contributed by atoms with Gasteiger partial charge in [0.1, 0.15) is 5.69 Å². The fraction of sp³-hybridized carbons (Fsp3) is 0.231. The summed E-state index contributed by atoms with van der Waals surface area (Å²) in [5.74, 6) is -0.455. The molecule has 0 aromatic carbocycles. The first-order valence-corrected chi connectivity index (χ1v) is 6.47. The molecule has 0 aliphatic carbocycles. The van der Waals surface area contributed by atoms with Crippen molar-refractivity contribution in [3.05, 3.63) is 40.3 Å². The normalized spacial score (nSPS) is 10.3. The number of amides is 2. The lowest BCUT2D eigenvalue weighted by Gasteiger charge is -2.14. The van der Waals surface area contributed by atoms with Crippen LogP contribution in [0.3, 0.4) is 0 Å². The molecule has 0 aliphatic rings. The second-order valence-corrected chi connectivity index (χ2v) is 5.09. The van der Waals surface area contributed by atoms with Crippen LogP contribution in [-0.2, 0) is 16.1 Å². The third kappa shape index (κ3) is 4.93. The van der Waals surface area contributed by atoms with E-state index in [4.69, 9.17) is 0 Å². The topological polar surface area (TPSA) is 70.6 Å². The van der Waals surface area contributed by atoms with Gasteiger partial charge in [0, 0.05) is 30.8 Å². The van der Waals surface area contributed by atoms with Crippen molar-refractivity contribution < 1.29 is 14.4 Å². The molecular weight excluding hydrogens is 326 g/mol. The van der Waals surface area contributed by atoms with Crippen molar-refractivity contribution in [3.8, 4) is 0 Å². The Morgan fingerprint density at radius 3 is 2.60 bits per heavy atom. The maximum Gasteiger partial charge on any atom is 0.254 e. The van der Waals surface area contributed by atoms with E-state index in [0.717, 1.165) is 4.90 Å². The van der Waals surface area contributed by atoms with E-state index in [9.17, 15) is 14.4 Å². The van der Waals surface area contributed by atoms with Gasteiger partial charge in [-0.3, -0.25) is 19.3 Å². The van der Waals surface area contributed by atoms with Crippen LogP contribution >= 0.6 is 15.9 Å². The van der Waals surface area contributed by atoms with Gasteiger partial charge >= 0.3 is 0 Å². The summed E-state index contributed by atoms with van der Waals surface area (Å²) >= 11 is 3.24. The number of nitrogens with zero attached hydrogens (tertiary/aromatic N) is 3. The van der Waals surface area contributed by atoms with Crippen molar-refractivity contribution in [2.75, 3.05) is 14.1 Å². The number of halogens is 1. The minimum absolute atomic E-state index is 0.000379. The fourth-order valence-corrected chi connectivity index (χ4v) is 1.86. The molecule has 2 amide bonds. The Morgan fingerprint density at radius 1 is 1.35 bits per heavy atom. The van der Waals surface area contributed by atoms with E-state index in [-0.39, 0.29) is 12.2 Å². The molecule has 106 valence electrons. The molecule has 0 aliphatic heterocycles. The van der Waals surface area contributed by atoms with Crippen LogP contribution < -0.4 is 0 Å². The number of hydrogen-bond donors (Lipinski definition) is 0. The fourth-order valence-electron chi connectivity index (χ4n) is 1.36. The standard InChI is InChI=1S/C13H14BrN3O3/c1-16(2)4-3-13(20)17(9-19)7-11-5-10(14)6-12(8-18)15-11/h3-6,8-9H,7H2,1-2H3/b4-3-. The molecule has 20 heavy (non-hydrogen) atoms. The molecule has 1 rings (SSSR count). The van der Waals surface area contributed by atoms with Crippen LogP contribution in [0.5, 0.6) is 0 Å². The summed E-state index contributed by atoms with van der Waals surface area (Å²) in [7, 11) is 3.53. The quantitative estimate of drug-likeness (QED) is 0.575. The number of carbonyl (C=O) groups excluding carboxylic acids is 3. The Morgan fingerprint density at radius 2 is 2.05 bits per heavy atom. The maximum atomic E-state index is 11.8. The van der Waals surface area contributed by atoms with Gasteiger partial charge in [0.2, 0.25) is 6.41 Å². The SMILES string of the molecule is CN(C)/C=C\C(=O)N(C=O)Cc1cc(Br)cc(C=O)n1. The molecule has 0 bridgehead atoms. The number of pyridine rings is 1. The van der Waals surface area contributed by atoms with Crippen molar-refractivity contribution >= 4 is 34.5 Å². The summed E-state index contributed by atoms with van der Waals surface area (Å²) in [4.78, 5) is 40.2. The second-order valence-electron chi connectivity index (χ2n) is 4.17. The average molecular weight is 340 g/mol. The highest BCUT2D eigenvalue weighted by Gasteiger charge is 2.12. The van der Waals surface area contributed by atoms with E-state index in [1.54, 1.807) is 37.3 Å². The molecule has 0 spiro atoms. The number of aldehydes is 1. The summed E-state index contributed by atoms with van der Waals surface area (Å²) in [6.45, 7) is 0.000379. The zero-order chi connectivity index (χ0) is 15.1.